The molecule has 0 radical (unpaired) electrons. The highest BCUT2D eigenvalue weighted by molar-refractivity contribution is 5.83. The van der Waals surface area contributed by atoms with Gasteiger partial charge in [-0.05, 0) is 0 Å². The second kappa shape index (κ2) is 4.71. The predicted octanol–water partition coefficient (Wildman–Crippen LogP) is -1.55. The Kier molecular flexibility index (Phi) is 3.53. The highest BCUT2D eigenvalue weighted by atomic mass is 16.1. The lowest BCUT2D eigenvalue weighted by molar-refractivity contribution is -0.117. The van der Waals surface area contributed by atoms with Gasteiger partial charge in [0.1, 0.15) is 5.78 Å². The smallest absolute Gasteiger partial charge is 0.191 e. The molecule has 5 nitrogen and oxygen atoms in total. The quantitative estimate of drug-likeness (QED) is 0.477. The molecule has 0 bridgehead atoms. The number of hydrogen-bond acceptors (Lipinski definition) is 5. The molecule has 12 heavy (non-hydrogen) atoms. The Hall–Kier alpha value is -1.10. The summed E-state index contributed by atoms with van der Waals surface area (Å²) in [4.78, 5) is 14.9. The Morgan fingerprint density at radius 1 is 1.75 bits per heavy atom. The molecule has 0 aromatic carbocycles. The summed E-state index contributed by atoms with van der Waals surface area (Å²) in [5.74, 6) is 0.862. The Morgan fingerprint density at radius 2 is 2.58 bits per heavy atom. The minimum Gasteiger partial charge on any atom is -0.356 e. The number of hydrogen-bond donors (Lipinski definition) is 3. The zero-order valence-electron chi connectivity index (χ0n) is 6.97. The molecule has 5 heteroatoms. The number of rotatable bonds is 4. The third-order valence-corrected chi connectivity index (χ3v) is 1.60. The predicted molar refractivity (Wildman–Crippen MR) is 47.0 cm³/mol. The molecule has 1 aliphatic rings. The van der Waals surface area contributed by atoms with E-state index in [1.807, 2.05) is 0 Å². The molecule has 0 amide bonds. The fourth-order valence-corrected chi connectivity index (χ4v) is 0.939. The van der Waals surface area contributed by atoms with Gasteiger partial charge >= 0.3 is 0 Å². The second-order valence-electron chi connectivity index (χ2n) is 2.58. The van der Waals surface area contributed by atoms with Crippen LogP contribution in [0.15, 0.2) is 4.99 Å². The normalized spacial score (nSPS) is 15.2. The zero-order chi connectivity index (χ0) is 8.81. The molecule has 0 saturated heterocycles. The van der Waals surface area contributed by atoms with Gasteiger partial charge in [-0.2, -0.15) is 0 Å². The first-order valence-corrected chi connectivity index (χ1v) is 4.07. The van der Waals surface area contributed by atoms with E-state index >= 15 is 0 Å². The summed E-state index contributed by atoms with van der Waals surface area (Å²) < 4.78 is 0. The number of Topliss-reactive ketones (excluding diaryl/α,β-unsaturated/α-hetero) is 1. The van der Waals surface area contributed by atoms with E-state index in [-0.39, 0.29) is 12.3 Å². The van der Waals surface area contributed by atoms with Gasteiger partial charge in [-0.3, -0.25) is 9.79 Å². The maximum absolute atomic E-state index is 10.8. The van der Waals surface area contributed by atoms with Crippen molar-refractivity contribution in [1.82, 2.24) is 10.6 Å². The first-order valence-electron chi connectivity index (χ1n) is 4.07. The van der Waals surface area contributed by atoms with Crippen LogP contribution in [-0.4, -0.2) is 37.9 Å². The highest BCUT2D eigenvalue weighted by Crippen LogP contribution is 1.83. The van der Waals surface area contributed by atoms with Crippen molar-refractivity contribution in [1.29, 1.82) is 0 Å². The Balaban J connectivity index is 2.05. The molecule has 0 aromatic rings. The van der Waals surface area contributed by atoms with Crippen molar-refractivity contribution >= 4 is 11.7 Å². The molecule has 1 rings (SSSR count). The lowest BCUT2D eigenvalue weighted by Gasteiger charge is -2.04. The third-order valence-electron chi connectivity index (χ3n) is 1.60. The molecular formula is C7H14N4O. The van der Waals surface area contributed by atoms with Gasteiger partial charge in [0, 0.05) is 19.5 Å². The van der Waals surface area contributed by atoms with Crippen molar-refractivity contribution < 1.29 is 4.79 Å². The van der Waals surface area contributed by atoms with Crippen LogP contribution in [0.25, 0.3) is 0 Å². The van der Waals surface area contributed by atoms with Gasteiger partial charge in [0.15, 0.2) is 5.96 Å². The maximum Gasteiger partial charge on any atom is 0.191 e. The number of aliphatic imine (C=N–C) groups is 1. The van der Waals surface area contributed by atoms with Crippen LogP contribution in [0.5, 0.6) is 0 Å². The van der Waals surface area contributed by atoms with Gasteiger partial charge in [-0.1, -0.05) is 0 Å². The molecule has 1 aliphatic heterocycles. The van der Waals surface area contributed by atoms with E-state index < -0.39 is 0 Å². The summed E-state index contributed by atoms with van der Waals surface area (Å²) in [6.07, 6.45) is 0.469. The summed E-state index contributed by atoms with van der Waals surface area (Å²) in [5, 5.41) is 6.05. The summed E-state index contributed by atoms with van der Waals surface area (Å²) in [6.45, 7) is 2.43. The maximum atomic E-state index is 10.8. The Labute approximate surface area is 71.4 Å². The highest BCUT2D eigenvalue weighted by Gasteiger charge is 2.03. The molecule has 0 spiro atoms. The summed E-state index contributed by atoms with van der Waals surface area (Å²) >= 11 is 0. The molecular weight excluding hydrogens is 156 g/mol. The van der Waals surface area contributed by atoms with Crippen molar-refractivity contribution in [2.75, 3.05) is 26.2 Å². The number of carbonyl (C=O) groups is 1. The van der Waals surface area contributed by atoms with Gasteiger partial charge in [-0.25, -0.2) is 0 Å². The van der Waals surface area contributed by atoms with Crippen molar-refractivity contribution in [2.45, 2.75) is 6.42 Å². The fourth-order valence-electron chi connectivity index (χ4n) is 0.939. The van der Waals surface area contributed by atoms with Gasteiger partial charge in [0.2, 0.25) is 0 Å². The van der Waals surface area contributed by atoms with E-state index in [1.54, 1.807) is 0 Å². The third kappa shape index (κ3) is 2.87. The monoisotopic (exact) mass is 170 g/mol. The standard InChI is InChI=1S/C7H14N4O/c8-5-6(12)1-2-9-7-10-3-4-11-7/h1-5,8H2,(H2,9,10,11). The lowest BCUT2D eigenvalue weighted by Crippen LogP contribution is -2.35. The SMILES string of the molecule is NCC(=O)CCNC1=NCCN1. The van der Waals surface area contributed by atoms with Crippen molar-refractivity contribution in [3.05, 3.63) is 0 Å². The molecule has 4 N–H and O–H groups in total. The molecule has 1 heterocycles. The molecule has 0 aromatic heterocycles. The lowest BCUT2D eigenvalue weighted by atomic mass is 10.3. The number of nitrogens with one attached hydrogen (secondary N) is 2. The van der Waals surface area contributed by atoms with Crippen LogP contribution in [0.4, 0.5) is 0 Å². The molecule has 0 atom stereocenters. The Morgan fingerprint density at radius 3 is 3.17 bits per heavy atom. The minimum atomic E-state index is 0.0705. The first-order chi connectivity index (χ1) is 5.83. The average molecular weight is 170 g/mol. The average Bonchev–Trinajstić information content (AvgIpc) is 2.57. The summed E-state index contributed by atoms with van der Waals surface area (Å²) in [5.41, 5.74) is 5.14. The molecule has 0 unspecified atom stereocenters. The van der Waals surface area contributed by atoms with Crippen molar-refractivity contribution in [2.24, 2.45) is 10.7 Å². The van der Waals surface area contributed by atoms with Crippen LogP contribution in [0.2, 0.25) is 0 Å². The van der Waals surface area contributed by atoms with Gasteiger partial charge in [0.05, 0.1) is 13.1 Å². The van der Waals surface area contributed by atoms with E-state index in [4.69, 9.17) is 5.73 Å². The van der Waals surface area contributed by atoms with E-state index in [1.165, 1.54) is 0 Å². The number of guanidine groups is 1. The van der Waals surface area contributed by atoms with E-state index in [2.05, 4.69) is 15.6 Å². The van der Waals surface area contributed by atoms with E-state index in [0.29, 0.717) is 13.0 Å². The van der Waals surface area contributed by atoms with Crippen LogP contribution in [0.3, 0.4) is 0 Å². The number of nitrogens with zero attached hydrogens (tertiary/aromatic N) is 1. The summed E-state index contributed by atoms with van der Waals surface area (Å²) in [7, 11) is 0. The second-order valence-corrected chi connectivity index (χ2v) is 2.58. The van der Waals surface area contributed by atoms with Crippen molar-refractivity contribution in [3.63, 3.8) is 0 Å². The van der Waals surface area contributed by atoms with Crippen LogP contribution in [-0.2, 0) is 4.79 Å². The van der Waals surface area contributed by atoms with E-state index in [0.717, 1.165) is 19.0 Å². The Bertz CT molecular complexity index is 190. The molecule has 0 saturated carbocycles. The number of carbonyl (C=O) groups excluding carboxylic acids is 1. The van der Waals surface area contributed by atoms with Gasteiger partial charge in [0.25, 0.3) is 0 Å². The molecule has 68 valence electrons. The van der Waals surface area contributed by atoms with Crippen LogP contribution >= 0.6 is 0 Å². The zero-order valence-corrected chi connectivity index (χ0v) is 6.97. The molecule has 0 aliphatic carbocycles. The largest absolute Gasteiger partial charge is 0.356 e. The topological polar surface area (TPSA) is 79.5 Å². The number of nitrogens with two attached hydrogens (primary N) is 1. The fraction of sp³-hybridized carbons (Fsp3) is 0.714. The summed E-state index contributed by atoms with van der Waals surface area (Å²) in [6, 6.07) is 0. The first kappa shape index (κ1) is 8.99. The minimum absolute atomic E-state index is 0.0705. The van der Waals surface area contributed by atoms with Gasteiger partial charge in [-0.15, -0.1) is 0 Å². The molecule has 0 fully saturated rings. The van der Waals surface area contributed by atoms with Crippen molar-refractivity contribution in [3.8, 4) is 0 Å². The van der Waals surface area contributed by atoms with Crippen LogP contribution in [0, 0.1) is 0 Å². The van der Waals surface area contributed by atoms with E-state index in [9.17, 15) is 4.79 Å². The van der Waals surface area contributed by atoms with Gasteiger partial charge < -0.3 is 16.4 Å². The number of ketones is 1. The van der Waals surface area contributed by atoms with Crippen LogP contribution < -0.4 is 16.4 Å². The van der Waals surface area contributed by atoms with Crippen LogP contribution in [0.1, 0.15) is 6.42 Å².